The van der Waals surface area contributed by atoms with Crippen molar-refractivity contribution in [1.82, 2.24) is 20.1 Å². The van der Waals surface area contributed by atoms with E-state index < -0.39 is 0 Å². The highest BCUT2D eigenvalue weighted by molar-refractivity contribution is 5.88. The predicted molar refractivity (Wildman–Crippen MR) is 88.5 cm³/mol. The molecule has 2 aliphatic rings. The van der Waals surface area contributed by atoms with Gasteiger partial charge < -0.3 is 16.0 Å². The van der Waals surface area contributed by atoms with Crippen LogP contribution < -0.4 is 11.1 Å². The van der Waals surface area contributed by atoms with E-state index in [1.165, 1.54) is 16.1 Å². The molecule has 3 heterocycles. The second-order valence-electron chi connectivity index (χ2n) is 6.51. The lowest BCUT2D eigenvalue weighted by Gasteiger charge is -2.21. The van der Waals surface area contributed by atoms with Gasteiger partial charge in [0.15, 0.2) is 0 Å². The standard InChI is InChI=1S/C17H23N5O/c1-2-10-8-12-11(4-3-5-14(12)20-10)17(23)22-16(18)13-9-19-7-6-15(13)21-22/h8,11,19-20H,2-7,9,18H2,1H3. The van der Waals surface area contributed by atoms with Crippen molar-refractivity contribution in [2.24, 2.45) is 0 Å². The van der Waals surface area contributed by atoms with Crippen LogP contribution in [0.25, 0.3) is 0 Å². The first-order chi connectivity index (χ1) is 11.2. The zero-order chi connectivity index (χ0) is 16.0. The first-order valence-corrected chi connectivity index (χ1v) is 8.50. The smallest absolute Gasteiger partial charge is 0.256 e. The van der Waals surface area contributed by atoms with Crippen LogP contribution in [-0.2, 0) is 25.8 Å². The molecule has 6 nitrogen and oxygen atoms in total. The first kappa shape index (κ1) is 14.5. The van der Waals surface area contributed by atoms with Crippen molar-refractivity contribution in [2.75, 3.05) is 12.3 Å². The number of H-pyrrole nitrogens is 1. The Labute approximate surface area is 135 Å². The molecular weight excluding hydrogens is 290 g/mol. The number of rotatable bonds is 2. The Balaban J connectivity index is 1.71. The van der Waals surface area contributed by atoms with Gasteiger partial charge in [-0.15, -0.1) is 0 Å². The molecule has 1 aliphatic heterocycles. The lowest BCUT2D eigenvalue weighted by Crippen LogP contribution is -2.25. The van der Waals surface area contributed by atoms with Crippen molar-refractivity contribution in [2.45, 2.75) is 51.5 Å². The molecule has 1 aliphatic carbocycles. The minimum atomic E-state index is -0.132. The molecule has 0 fully saturated rings. The third kappa shape index (κ3) is 2.28. The van der Waals surface area contributed by atoms with Gasteiger partial charge in [0.2, 0.25) is 0 Å². The molecule has 122 valence electrons. The van der Waals surface area contributed by atoms with Crippen molar-refractivity contribution >= 4 is 11.7 Å². The molecule has 1 unspecified atom stereocenters. The molecule has 1 atom stereocenters. The second-order valence-corrected chi connectivity index (χ2v) is 6.51. The van der Waals surface area contributed by atoms with E-state index in [2.05, 4.69) is 28.4 Å². The van der Waals surface area contributed by atoms with Crippen molar-refractivity contribution in [3.63, 3.8) is 0 Å². The van der Waals surface area contributed by atoms with Crippen LogP contribution in [-0.4, -0.2) is 27.2 Å². The summed E-state index contributed by atoms with van der Waals surface area (Å²) in [5.41, 5.74) is 11.7. The van der Waals surface area contributed by atoms with Crippen LogP contribution in [0.15, 0.2) is 6.07 Å². The Bertz CT molecular complexity index is 757. The number of carbonyl (C=O) groups excluding carboxylic acids is 1. The summed E-state index contributed by atoms with van der Waals surface area (Å²) in [5.74, 6) is 0.391. The maximum absolute atomic E-state index is 13.1. The van der Waals surface area contributed by atoms with Gasteiger partial charge in [-0.05, 0) is 37.3 Å². The van der Waals surface area contributed by atoms with Gasteiger partial charge in [-0.1, -0.05) is 6.92 Å². The van der Waals surface area contributed by atoms with Crippen molar-refractivity contribution in [3.05, 3.63) is 34.3 Å². The van der Waals surface area contributed by atoms with Crippen LogP contribution in [0.3, 0.4) is 0 Å². The van der Waals surface area contributed by atoms with E-state index >= 15 is 0 Å². The van der Waals surface area contributed by atoms with Crippen LogP contribution in [0.4, 0.5) is 5.82 Å². The maximum Gasteiger partial charge on any atom is 0.256 e. The largest absolute Gasteiger partial charge is 0.383 e. The quantitative estimate of drug-likeness (QED) is 0.788. The molecule has 6 heteroatoms. The van der Waals surface area contributed by atoms with Crippen molar-refractivity contribution < 1.29 is 4.79 Å². The molecule has 0 amide bonds. The number of nitrogens with two attached hydrogens (primary N) is 1. The van der Waals surface area contributed by atoms with Gasteiger partial charge in [0.1, 0.15) is 5.82 Å². The average molecular weight is 313 g/mol. The van der Waals surface area contributed by atoms with Crippen LogP contribution >= 0.6 is 0 Å². The Kier molecular flexibility index (Phi) is 3.49. The topological polar surface area (TPSA) is 88.7 Å². The number of hydrogen-bond acceptors (Lipinski definition) is 4. The highest BCUT2D eigenvalue weighted by Gasteiger charge is 2.32. The molecule has 2 aromatic rings. The Morgan fingerprint density at radius 1 is 1.48 bits per heavy atom. The molecule has 0 saturated carbocycles. The summed E-state index contributed by atoms with van der Waals surface area (Å²) in [7, 11) is 0. The molecule has 0 saturated heterocycles. The van der Waals surface area contributed by atoms with Crippen LogP contribution in [0.1, 0.15) is 58.7 Å². The van der Waals surface area contributed by atoms with E-state index in [0.29, 0.717) is 12.4 Å². The summed E-state index contributed by atoms with van der Waals surface area (Å²) >= 11 is 0. The molecule has 4 rings (SSSR count). The number of nitrogen functional groups attached to an aromatic ring is 1. The molecule has 0 aromatic carbocycles. The minimum absolute atomic E-state index is 0.0134. The summed E-state index contributed by atoms with van der Waals surface area (Å²) in [4.78, 5) is 16.5. The summed E-state index contributed by atoms with van der Waals surface area (Å²) in [6.07, 6.45) is 4.70. The number of fused-ring (bicyclic) bond motifs is 2. The molecule has 4 N–H and O–H groups in total. The normalized spacial score (nSPS) is 20.1. The Morgan fingerprint density at radius 3 is 3.13 bits per heavy atom. The molecule has 23 heavy (non-hydrogen) atoms. The number of nitrogens with one attached hydrogen (secondary N) is 2. The minimum Gasteiger partial charge on any atom is -0.383 e. The van der Waals surface area contributed by atoms with Gasteiger partial charge in [0.05, 0.1) is 11.6 Å². The Hall–Kier alpha value is -2.08. The number of nitrogens with zero attached hydrogens (tertiary/aromatic N) is 2. The van der Waals surface area contributed by atoms with Crippen molar-refractivity contribution in [1.29, 1.82) is 0 Å². The molecule has 0 radical (unpaired) electrons. The van der Waals surface area contributed by atoms with E-state index in [1.807, 2.05) is 0 Å². The van der Waals surface area contributed by atoms with Crippen molar-refractivity contribution in [3.8, 4) is 0 Å². The summed E-state index contributed by atoms with van der Waals surface area (Å²) < 4.78 is 1.45. The molecule has 0 bridgehead atoms. The zero-order valence-electron chi connectivity index (χ0n) is 13.5. The fraction of sp³-hybridized carbons (Fsp3) is 0.529. The number of hydrogen-bond donors (Lipinski definition) is 3. The number of aryl methyl sites for hydroxylation is 2. The summed E-state index contributed by atoms with van der Waals surface area (Å²) in [6.45, 7) is 3.72. The van der Waals surface area contributed by atoms with E-state index in [9.17, 15) is 4.79 Å². The second kappa shape index (κ2) is 5.53. The van der Waals surface area contributed by atoms with Crippen LogP contribution in [0.5, 0.6) is 0 Å². The number of aromatic amines is 1. The molecular formula is C17H23N5O. The predicted octanol–water partition coefficient (Wildman–Crippen LogP) is 1.76. The average Bonchev–Trinajstić information content (AvgIpc) is 3.15. The monoisotopic (exact) mass is 313 g/mol. The third-order valence-corrected chi connectivity index (χ3v) is 5.12. The van der Waals surface area contributed by atoms with Gasteiger partial charge in [-0.25, -0.2) is 0 Å². The van der Waals surface area contributed by atoms with E-state index in [4.69, 9.17) is 5.73 Å². The van der Waals surface area contributed by atoms with Gasteiger partial charge in [0.25, 0.3) is 5.91 Å². The van der Waals surface area contributed by atoms with E-state index in [0.717, 1.165) is 55.5 Å². The third-order valence-electron chi connectivity index (χ3n) is 5.12. The highest BCUT2D eigenvalue weighted by Crippen LogP contribution is 2.34. The zero-order valence-corrected chi connectivity index (χ0v) is 13.5. The highest BCUT2D eigenvalue weighted by atomic mass is 16.2. The van der Waals surface area contributed by atoms with Gasteiger partial charge in [0, 0.05) is 36.5 Å². The molecule has 0 spiro atoms. The maximum atomic E-state index is 13.1. The SMILES string of the molecule is CCc1cc2c([nH]1)CCCC2C(=O)n1nc2c(c1N)CNCC2. The van der Waals surface area contributed by atoms with Crippen LogP contribution in [0.2, 0.25) is 0 Å². The van der Waals surface area contributed by atoms with Gasteiger partial charge in [-0.3, -0.25) is 4.79 Å². The number of anilines is 1. The number of aromatic nitrogens is 3. The molecule has 2 aromatic heterocycles. The Morgan fingerprint density at radius 2 is 2.35 bits per heavy atom. The van der Waals surface area contributed by atoms with E-state index in [-0.39, 0.29) is 11.8 Å². The fourth-order valence-electron chi connectivity index (χ4n) is 3.82. The van der Waals surface area contributed by atoms with E-state index in [1.54, 1.807) is 0 Å². The lowest BCUT2D eigenvalue weighted by atomic mass is 9.86. The summed E-state index contributed by atoms with van der Waals surface area (Å²) in [6, 6.07) is 2.15. The fourth-order valence-corrected chi connectivity index (χ4v) is 3.82. The van der Waals surface area contributed by atoms with Gasteiger partial charge >= 0.3 is 0 Å². The van der Waals surface area contributed by atoms with Crippen LogP contribution in [0, 0.1) is 0 Å². The lowest BCUT2D eigenvalue weighted by molar-refractivity contribution is 0.0854. The van der Waals surface area contributed by atoms with Gasteiger partial charge in [-0.2, -0.15) is 9.78 Å². The first-order valence-electron chi connectivity index (χ1n) is 8.50. The summed E-state index contributed by atoms with van der Waals surface area (Å²) in [5, 5.41) is 7.81. The number of carbonyl (C=O) groups is 1.